The van der Waals surface area contributed by atoms with Crippen LogP contribution in [0.15, 0.2) is 24.3 Å². The molecule has 0 saturated carbocycles. The van der Waals surface area contributed by atoms with Gasteiger partial charge in [-0.3, -0.25) is 4.79 Å². The number of carboxylic acid groups (broad SMARTS) is 1. The molecule has 0 bridgehead atoms. The molecule has 1 aliphatic rings. The molecule has 0 aliphatic carbocycles. The van der Waals surface area contributed by atoms with E-state index in [1.165, 1.54) is 17.0 Å². The minimum atomic E-state index is -4.39. The third-order valence-electron chi connectivity index (χ3n) is 4.21. The Hall–Kier alpha value is -2.25. The Morgan fingerprint density at radius 2 is 1.75 bits per heavy atom. The molecule has 24 heavy (non-hydrogen) atoms. The average molecular weight is 344 g/mol. The van der Waals surface area contributed by atoms with Crippen molar-refractivity contribution in [3.63, 3.8) is 0 Å². The maximum atomic E-state index is 12.5. The van der Waals surface area contributed by atoms with E-state index < -0.39 is 29.7 Å². The second kappa shape index (κ2) is 7.11. The fourth-order valence-electron chi connectivity index (χ4n) is 2.65. The summed E-state index contributed by atoms with van der Waals surface area (Å²) in [6.45, 7) is 2.38. The van der Waals surface area contributed by atoms with Crippen molar-refractivity contribution in [1.29, 1.82) is 0 Å². The van der Waals surface area contributed by atoms with Gasteiger partial charge in [-0.05, 0) is 37.5 Å². The van der Waals surface area contributed by atoms with E-state index in [1.807, 2.05) is 0 Å². The summed E-state index contributed by atoms with van der Waals surface area (Å²) in [5, 5.41) is 11.7. The Labute approximate surface area is 137 Å². The molecular formula is C16H19F3N2O3. The summed E-state index contributed by atoms with van der Waals surface area (Å²) in [4.78, 5) is 24.6. The lowest BCUT2D eigenvalue weighted by atomic mass is 9.97. The fourth-order valence-corrected chi connectivity index (χ4v) is 2.65. The molecule has 0 spiro atoms. The fraction of sp³-hybridized carbons (Fsp3) is 0.500. The van der Waals surface area contributed by atoms with Crippen molar-refractivity contribution < 1.29 is 27.9 Å². The Morgan fingerprint density at radius 1 is 1.21 bits per heavy atom. The summed E-state index contributed by atoms with van der Waals surface area (Å²) in [5.41, 5.74) is -0.169. The zero-order chi connectivity index (χ0) is 17.9. The topological polar surface area (TPSA) is 69.6 Å². The number of hydrogen-bond donors (Lipinski definition) is 2. The van der Waals surface area contributed by atoms with Crippen LogP contribution in [0.5, 0.6) is 0 Å². The summed E-state index contributed by atoms with van der Waals surface area (Å²) in [7, 11) is 0. The number of carbonyl (C=O) groups is 2. The van der Waals surface area contributed by atoms with Gasteiger partial charge in [-0.25, -0.2) is 4.79 Å². The predicted molar refractivity (Wildman–Crippen MR) is 80.3 cm³/mol. The first-order chi connectivity index (χ1) is 11.2. The first-order valence-electron chi connectivity index (χ1n) is 7.64. The number of nitrogens with one attached hydrogen (secondary N) is 1. The second-order valence-electron chi connectivity index (χ2n) is 5.89. The van der Waals surface area contributed by atoms with Crippen LogP contribution < -0.4 is 5.32 Å². The first kappa shape index (κ1) is 18.1. The highest BCUT2D eigenvalue weighted by Crippen LogP contribution is 2.30. The number of alkyl halides is 3. The van der Waals surface area contributed by atoms with Gasteiger partial charge in [-0.1, -0.05) is 12.1 Å². The highest BCUT2D eigenvalue weighted by molar-refractivity contribution is 5.75. The van der Waals surface area contributed by atoms with Gasteiger partial charge in [0.1, 0.15) is 0 Å². The molecule has 8 heteroatoms. The van der Waals surface area contributed by atoms with E-state index in [1.54, 1.807) is 6.92 Å². The third kappa shape index (κ3) is 4.39. The molecule has 132 valence electrons. The van der Waals surface area contributed by atoms with Gasteiger partial charge >= 0.3 is 18.2 Å². The number of benzene rings is 1. The van der Waals surface area contributed by atoms with Crippen molar-refractivity contribution in [2.45, 2.75) is 32.0 Å². The van der Waals surface area contributed by atoms with Crippen LogP contribution in [-0.2, 0) is 11.0 Å². The molecule has 1 aliphatic heterocycles. The Kier molecular flexibility index (Phi) is 5.36. The number of piperidine rings is 1. The van der Waals surface area contributed by atoms with Crippen LogP contribution in [-0.4, -0.2) is 35.1 Å². The molecule has 2 N–H and O–H groups in total. The molecular weight excluding hydrogens is 325 g/mol. The Morgan fingerprint density at radius 3 is 2.21 bits per heavy atom. The molecule has 0 aromatic heterocycles. The highest BCUT2D eigenvalue weighted by atomic mass is 19.4. The van der Waals surface area contributed by atoms with Crippen molar-refractivity contribution >= 4 is 12.0 Å². The van der Waals surface area contributed by atoms with E-state index in [4.69, 9.17) is 5.11 Å². The highest BCUT2D eigenvalue weighted by Gasteiger charge is 2.30. The lowest BCUT2D eigenvalue weighted by Gasteiger charge is -2.31. The van der Waals surface area contributed by atoms with Crippen molar-refractivity contribution in [3.05, 3.63) is 35.4 Å². The number of amides is 2. The van der Waals surface area contributed by atoms with Gasteiger partial charge in [0, 0.05) is 13.1 Å². The molecule has 2 amide bonds. The molecule has 5 nitrogen and oxygen atoms in total. The van der Waals surface area contributed by atoms with Crippen molar-refractivity contribution in [1.82, 2.24) is 10.2 Å². The van der Waals surface area contributed by atoms with Gasteiger partial charge in [0.15, 0.2) is 0 Å². The lowest BCUT2D eigenvalue weighted by molar-refractivity contribution is -0.143. The summed E-state index contributed by atoms with van der Waals surface area (Å²) in [5.74, 6) is -1.28. The zero-order valence-corrected chi connectivity index (χ0v) is 13.1. The molecule has 1 heterocycles. The van der Waals surface area contributed by atoms with E-state index in [2.05, 4.69) is 5.32 Å². The zero-order valence-electron chi connectivity index (χ0n) is 13.1. The number of carbonyl (C=O) groups excluding carboxylic acids is 1. The quantitative estimate of drug-likeness (QED) is 0.884. The number of likely N-dealkylation sites (tertiary alicyclic amines) is 1. The number of carboxylic acids is 1. The van der Waals surface area contributed by atoms with E-state index in [9.17, 15) is 22.8 Å². The molecule has 1 saturated heterocycles. The van der Waals surface area contributed by atoms with E-state index in [-0.39, 0.29) is 6.03 Å². The molecule has 1 fully saturated rings. The number of hydrogen-bond acceptors (Lipinski definition) is 2. The third-order valence-corrected chi connectivity index (χ3v) is 4.21. The van der Waals surface area contributed by atoms with Crippen LogP contribution in [0.2, 0.25) is 0 Å². The van der Waals surface area contributed by atoms with E-state index >= 15 is 0 Å². The van der Waals surface area contributed by atoms with Crippen molar-refractivity contribution in [2.24, 2.45) is 5.92 Å². The SMILES string of the molecule is C[C@H](NC(=O)N1CCC(C(=O)O)CC1)c1ccc(C(F)(F)F)cc1. The maximum Gasteiger partial charge on any atom is 0.416 e. The van der Waals surface area contributed by atoms with Crippen LogP contribution in [0.25, 0.3) is 0 Å². The summed E-state index contributed by atoms with van der Waals surface area (Å²) in [6, 6.07) is 3.85. The van der Waals surface area contributed by atoms with Gasteiger partial charge in [0.25, 0.3) is 0 Å². The standard InChI is InChI=1S/C16H19F3N2O3/c1-10(11-2-4-13(5-3-11)16(17,18)19)20-15(24)21-8-6-12(7-9-21)14(22)23/h2-5,10,12H,6-9H2,1H3,(H,20,24)(H,22,23)/t10-/m0/s1. The largest absolute Gasteiger partial charge is 0.481 e. The molecule has 0 unspecified atom stereocenters. The van der Waals surface area contributed by atoms with Crippen LogP contribution in [0.4, 0.5) is 18.0 Å². The monoisotopic (exact) mass is 344 g/mol. The summed E-state index contributed by atoms with van der Waals surface area (Å²) in [6.07, 6.45) is -3.59. The molecule has 1 atom stereocenters. The van der Waals surface area contributed by atoms with Crippen molar-refractivity contribution in [2.75, 3.05) is 13.1 Å². The number of halogens is 3. The summed E-state index contributed by atoms with van der Waals surface area (Å²) >= 11 is 0. The van der Waals surface area contributed by atoms with Crippen molar-refractivity contribution in [3.8, 4) is 0 Å². The molecule has 2 rings (SSSR count). The molecule has 1 aromatic rings. The van der Waals surface area contributed by atoms with Crippen LogP contribution >= 0.6 is 0 Å². The minimum Gasteiger partial charge on any atom is -0.481 e. The van der Waals surface area contributed by atoms with Crippen LogP contribution in [0.1, 0.15) is 36.9 Å². The number of nitrogens with zero attached hydrogens (tertiary/aromatic N) is 1. The predicted octanol–water partition coefficient (Wildman–Crippen LogP) is 3.27. The van der Waals surface area contributed by atoms with Gasteiger partial charge in [-0.2, -0.15) is 13.2 Å². The van der Waals surface area contributed by atoms with E-state index in [0.717, 1.165) is 12.1 Å². The summed E-state index contributed by atoms with van der Waals surface area (Å²) < 4.78 is 37.6. The van der Waals surface area contributed by atoms with E-state index in [0.29, 0.717) is 31.5 Å². The second-order valence-corrected chi connectivity index (χ2v) is 5.89. The maximum absolute atomic E-state index is 12.5. The molecule has 0 radical (unpaired) electrons. The number of urea groups is 1. The number of rotatable bonds is 3. The Balaban J connectivity index is 1.91. The van der Waals surface area contributed by atoms with Gasteiger partial charge in [0.2, 0.25) is 0 Å². The first-order valence-corrected chi connectivity index (χ1v) is 7.64. The Bertz CT molecular complexity index is 594. The number of aliphatic carboxylic acids is 1. The van der Waals surface area contributed by atoms with Gasteiger partial charge in [-0.15, -0.1) is 0 Å². The normalized spacial score (nSPS) is 17.4. The van der Waals surface area contributed by atoms with Gasteiger partial charge < -0.3 is 15.3 Å². The van der Waals surface area contributed by atoms with Crippen LogP contribution in [0.3, 0.4) is 0 Å². The van der Waals surface area contributed by atoms with Crippen LogP contribution in [0, 0.1) is 5.92 Å². The minimum absolute atomic E-state index is 0.341. The average Bonchev–Trinajstić information content (AvgIpc) is 2.54. The smallest absolute Gasteiger partial charge is 0.416 e. The van der Waals surface area contributed by atoms with Gasteiger partial charge in [0.05, 0.1) is 17.5 Å². The lowest BCUT2D eigenvalue weighted by Crippen LogP contribution is -2.46. The molecule has 1 aromatic carbocycles.